The zero-order valence-corrected chi connectivity index (χ0v) is 8.14. The number of hydrogen-bond donors (Lipinski definition) is 2. The first-order chi connectivity index (χ1) is 6.18. The Kier molecular flexibility index (Phi) is 1.84. The summed E-state index contributed by atoms with van der Waals surface area (Å²) >= 11 is 1.17. The molecule has 1 aliphatic heterocycles. The van der Waals surface area contributed by atoms with Gasteiger partial charge in [0.1, 0.15) is 5.69 Å². The van der Waals surface area contributed by atoms with Crippen molar-refractivity contribution in [3.05, 3.63) is 17.1 Å². The van der Waals surface area contributed by atoms with Gasteiger partial charge in [0.25, 0.3) is 0 Å². The molecule has 0 atom stereocenters. The molecule has 0 saturated carbocycles. The van der Waals surface area contributed by atoms with Crippen LogP contribution in [0.1, 0.15) is 17.1 Å². The molecular formula is C7H9N5S. The molecule has 0 saturated heterocycles. The van der Waals surface area contributed by atoms with Gasteiger partial charge in [-0.3, -0.25) is 4.72 Å². The summed E-state index contributed by atoms with van der Waals surface area (Å²) in [5.41, 5.74) is 8.08. The minimum atomic E-state index is 0.425. The maximum atomic E-state index is 5.65. The van der Waals surface area contributed by atoms with Crippen LogP contribution < -0.4 is 10.5 Å². The Morgan fingerprint density at radius 2 is 1.92 bits per heavy atom. The molecule has 1 aromatic heterocycles. The molecule has 0 aliphatic carbocycles. The Morgan fingerprint density at radius 1 is 1.23 bits per heavy atom. The Bertz CT molecular complexity index is 387. The standard InChI is InChI=1S/C7H9N5S/c1-3-4(2)10-7-5(9-3)6(8)11-13-12-7/h1-2H3,(H2,8,11)(H,10,12). The smallest absolute Gasteiger partial charge is 0.167 e. The lowest BCUT2D eigenvalue weighted by Crippen LogP contribution is -2.21. The first-order valence-electron chi connectivity index (χ1n) is 3.79. The lowest BCUT2D eigenvalue weighted by molar-refractivity contribution is 1.04. The fraction of sp³-hybridized carbons (Fsp3) is 0.286. The molecule has 3 N–H and O–H groups in total. The van der Waals surface area contributed by atoms with Crippen molar-refractivity contribution in [2.75, 3.05) is 4.72 Å². The first kappa shape index (κ1) is 8.31. The Balaban J connectivity index is 2.61. The van der Waals surface area contributed by atoms with E-state index in [-0.39, 0.29) is 0 Å². The van der Waals surface area contributed by atoms with Gasteiger partial charge in [0.2, 0.25) is 0 Å². The summed E-state index contributed by atoms with van der Waals surface area (Å²) in [7, 11) is 0. The number of hydrogen-bond acceptors (Lipinski definition) is 6. The van der Waals surface area contributed by atoms with E-state index in [4.69, 9.17) is 5.73 Å². The summed E-state index contributed by atoms with van der Waals surface area (Å²) in [4.78, 5) is 8.61. The van der Waals surface area contributed by atoms with E-state index in [0.717, 1.165) is 11.4 Å². The lowest BCUT2D eigenvalue weighted by Gasteiger charge is -2.13. The van der Waals surface area contributed by atoms with Crippen LogP contribution in [0, 0.1) is 13.8 Å². The maximum absolute atomic E-state index is 5.65. The molecule has 13 heavy (non-hydrogen) atoms. The number of rotatable bonds is 0. The molecule has 0 spiro atoms. The van der Waals surface area contributed by atoms with Crippen LogP contribution in [0.4, 0.5) is 5.82 Å². The Hall–Kier alpha value is -1.30. The van der Waals surface area contributed by atoms with Crippen LogP contribution in [-0.4, -0.2) is 15.8 Å². The van der Waals surface area contributed by atoms with Gasteiger partial charge in [0.05, 0.1) is 23.5 Å². The van der Waals surface area contributed by atoms with Gasteiger partial charge < -0.3 is 5.73 Å². The van der Waals surface area contributed by atoms with E-state index in [2.05, 4.69) is 19.1 Å². The summed E-state index contributed by atoms with van der Waals surface area (Å²) < 4.78 is 6.88. The van der Waals surface area contributed by atoms with E-state index in [1.54, 1.807) is 0 Å². The third kappa shape index (κ3) is 1.33. The van der Waals surface area contributed by atoms with Crippen molar-refractivity contribution < 1.29 is 0 Å². The molecule has 0 radical (unpaired) electrons. The van der Waals surface area contributed by atoms with E-state index in [1.165, 1.54) is 12.1 Å². The molecule has 5 nitrogen and oxygen atoms in total. The number of nitrogens with zero attached hydrogens (tertiary/aromatic N) is 3. The Labute approximate surface area is 80.1 Å². The van der Waals surface area contributed by atoms with Gasteiger partial charge in [-0.25, -0.2) is 9.97 Å². The number of aromatic nitrogens is 2. The van der Waals surface area contributed by atoms with E-state index < -0.39 is 0 Å². The van der Waals surface area contributed by atoms with Crippen molar-refractivity contribution in [1.29, 1.82) is 0 Å². The highest BCUT2D eigenvalue weighted by Gasteiger charge is 2.16. The SMILES string of the molecule is Cc1nc2c(nc1C)C(N)=NSN2. The van der Waals surface area contributed by atoms with Crippen molar-refractivity contribution in [1.82, 2.24) is 9.97 Å². The van der Waals surface area contributed by atoms with Crippen LogP contribution in [0.15, 0.2) is 4.40 Å². The number of anilines is 1. The topological polar surface area (TPSA) is 76.2 Å². The zero-order chi connectivity index (χ0) is 9.42. The minimum absolute atomic E-state index is 0.425. The van der Waals surface area contributed by atoms with Crippen molar-refractivity contribution in [2.24, 2.45) is 10.1 Å². The predicted octanol–water partition coefficient (Wildman–Crippen LogP) is 0.787. The van der Waals surface area contributed by atoms with Crippen LogP contribution in [0.5, 0.6) is 0 Å². The van der Waals surface area contributed by atoms with Crippen molar-refractivity contribution in [2.45, 2.75) is 13.8 Å². The van der Waals surface area contributed by atoms with Gasteiger partial charge in [-0.1, -0.05) is 0 Å². The molecule has 1 aromatic rings. The summed E-state index contributed by atoms with van der Waals surface area (Å²) in [6.07, 6.45) is 0. The van der Waals surface area contributed by atoms with E-state index >= 15 is 0 Å². The number of amidine groups is 1. The third-order valence-electron chi connectivity index (χ3n) is 1.84. The largest absolute Gasteiger partial charge is 0.381 e. The lowest BCUT2D eigenvalue weighted by atomic mass is 10.3. The highest BCUT2D eigenvalue weighted by molar-refractivity contribution is 7.99. The highest BCUT2D eigenvalue weighted by Crippen LogP contribution is 2.21. The van der Waals surface area contributed by atoms with Crippen LogP contribution in [0.25, 0.3) is 0 Å². The van der Waals surface area contributed by atoms with Crippen molar-refractivity contribution in [3.63, 3.8) is 0 Å². The zero-order valence-electron chi connectivity index (χ0n) is 7.33. The van der Waals surface area contributed by atoms with E-state index in [0.29, 0.717) is 17.3 Å². The molecule has 0 amide bonds. The monoisotopic (exact) mass is 195 g/mol. The number of nitrogens with one attached hydrogen (secondary N) is 1. The van der Waals surface area contributed by atoms with Crippen LogP contribution in [0.2, 0.25) is 0 Å². The summed E-state index contributed by atoms with van der Waals surface area (Å²) in [5.74, 6) is 1.12. The molecule has 0 fully saturated rings. The van der Waals surface area contributed by atoms with E-state index in [1.807, 2.05) is 13.8 Å². The van der Waals surface area contributed by atoms with Crippen LogP contribution >= 0.6 is 12.1 Å². The fourth-order valence-corrected chi connectivity index (χ4v) is 1.47. The molecule has 0 bridgehead atoms. The van der Waals surface area contributed by atoms with Gasteiger partial charge >= 0.3 is 0 Å². The van der Waals surface area contributed by atoms with Crippen molar-refractivity contribution in [3.8, 4) is 0 Å². The average Bonchev–Trinajstić information content (AvgIpc) is 2.09. The quantitative estimate of drug-likeness (QED) is 0.598. The maximum Gasteiger partial charge on any atom is 0.167 e. The Morgan fingerprint density at radius 3 is 2.69 bits per heavy atom. The van der Waals surface area contributed by atoms with Gasteiger partial charge in [-0.05, 0) is 13.8 Å². The second kappa shape index (κ2) is 2.88. The molecule has 6 heteroatoms. The highest BCUT2D eigenvalue weighted by atomic mass is 32.2. The van der Waals surface area contributed by atoms with E-state index in [9.17, 15) is 0 Å². The molecule has 2 rings (SSSR count). The van der Waals surface area contributed by atoms with Crippen LogP contribution in [0.3, 0.4) is 0 Å². The number of aryl methyl sites for hydroxylation is 2. The molecule has 68 valence electrons. The number of fused-ring (bicyclic) bond motifs is 1. The summed E-state index contributed by atoms with van der Waals surface area (Å²) in [5, 5.41) is 0. The predicted molar refractivity (Wildman–Crippen MR) is 53.4 cm³/mol. The second-order valence-corrected chi connectivity index (χ2v) is 3.33. The molecule has 1 aliphatic rings. The third-order valence-corrected chi connectivity index (χ3v) is 2.41. The van der Waals surface area contributed by atoms with Gasteiger partial charge in [-0.15, -0.1) is 0 Å². The average molecular weight is 195 g/mol. The molecule has 2 heterocycles. The van der Waals surface area contributed by atoms with Crippen molar-refractivity contribution >= 4 is 23.8 Å². The minimum Gasteiger partial charge on any atom is -0.381 e. The normalized spacial score (nSPS) is 14.5. The number of nitrogens with two attached hydrogens (primary N) is 1. The fourth-order valence-electron chi connectivity index (χ4n) is 1.01. The van der Waals surface area contributed by atoms with Gasteiger partial charge in [0.15, 0.2) is 11.7 Å². The van der Waals surface area contributed by atoms with Gasteiger partial charge in [-0.2, -0.15) is 4.40 Å². The molecular weight excluding hydrogens is 186 g/mol. The first-order valence-corrected chi connectivity index (χ1v) is 4.57. The summed E-state index contributed by atoms with van der Waals surface area (Å²) in [6.45, 7) is 3.81. The van der Waals surface area contributed by atoms with Crippen LogP contribution in [-0.2, 0) is 0 Å². The molecule has 0 aromatic carbocycles. The molecule has 0 unspecified atom stereocenters. The van der Waals surface area contributed by atoms with Gasteiger partial charge in [0, 0.05) is 0 Å². The summed E-state index contributed by atoms with van der Waals surface area (Å²) in [6, 6.07) is 0. The second-order valence-electron chi connectivity index (χ2n) is 2.76.